The van der Waals surface area contributed by atoms with E-state index in [1.165, 1.54) is 4.88 Å². The fourth-order valence-electron chi connectivity index (χ4n) is 2.08. The van der Waals surface area contributed by atoms with E-state index in [2.05, 4.69) is 53.1 Å². The van der Waals surface area contributed by atoms with Gasteiger partial charge in [0, 0.05) is 26.6 Å². The Labute approximate surface area is 137 Å². The third kappa shape index (κ3) is 3.82. The van der Waals surface area contributed by atoms with Gasteiger partial charge in [0.15, 0.2) is 0 Å². The van der Waals surface area contributed by atoms with Crippen molar-refractivity contribution in [1.82, 2.24) is 10.3 Å². The van der Waals surface area contributed by atoms with Gasteiger partial charge in [0.25, 0.3) is 0 Å². The van der Waals surface area contributed by atoms with Gasteiger partial charge in [-0.3, -0.25) is 0 Å². The lowest BCUT2D eigenvalue weighted by molar-refractivity contribution is 0.493. The number of nitrogens with one attached hydrogen (secondary N) is 1. The number of aryl methyl sites for hydroxylation is 1. The summed E-state index contributed by atoms with van der Waals surface area (Å²) in [5, 5.41) is 5.46. The molecule has 0 aliphatic carbocycles. The predicted molar refractivity (Wildman–Crippen MR) is 90.6 cm³/mol. The van der Waals surface area contributed by atoms with Gasteiger partial charge in [0.05, 0.1) is 6.04 Å². The van der Waals surface area contributed by atoms with Crippen LogP contribution in [0.2, 0.25) is 5.02 Å². The summed E-state index contributed by atoms with van der Waals surface area (Å²) < 4.78 is 0.999. The van der Waals surface area contributed by atoms with Crippen LogP contribution < -0.4 is 5.32 Å². The number of aromatic nitrogens is 1. The molecule has 0 radical (unpaired) electrons. The minimum Gasteiger partial charge on any atom is -0.301 e. The highest BCUT2D eigenvalue weighted by molar-refractivity contribution is 9.10. The molecule has 2 aromatic rings. The first kappa shape index (κ1) is 16.0. The Morgan fingerprint density at radius 1 is 1.35 bits per heavy atom. The first-order chi connectivity index (χ1) is 9.51. The highest BCUT2D eigenvalue weighted by Gasteiger charge is 2.16. The summed E-state index contributed by atoms with van der Waals surface area (Å²) in [5.41, 5.74) is 1.11. The molecule has 0 saturated carbocycles. The second-order valence-electron chi connectivity index (χ2n) is 4.79. The molecule has 0 fully saturated rings. The average Bonchev–Trinajstić information content (AvgIpc) is 2.87. The van der Waals surface area contributed by atoms with Crippen molar-refractivity contribution in [2.24, 2.45) is 0 Å². The Morgan fingerprint density at radius 2 is 2.10 bits per heavy atom. The summed E-state index contributed by atoms with van der Waals surface area (Å²) in [6.07, 6.45) is 3.01. The van der Waals surface area contributed by atoms with Gasteiger partial charge in [-0.2, -0.15) is 0 Å². The minimum absolute atomic E-state index is 0.180. The monoisotopic (exact) mass is 372 g/mol. The van der Waals surface area contributed by atoms with Crippen molar-refractivity contribution in [2.45, 2.75) is 39.3 Å². The van der Waals surface area contributed by atoms with Crippen LogP contribution in [0.4, 0.5) is 0 Å². The van der Waals surface area contributed by atoms with Crippen molar-refractivity contribution in [1.29, 1.82) is 0 Å². The molecule has 2 unspecified atom stereocenters. The lowest BCUT2D eigenvalue weighted by Crippen LogP contribution is -2.22. The summed E-state index contributed by atoms with van der Waals surface area (Å²) in [4.78, 5) is 5.81. The van der Waals surface area contributed by atoms with Crippen LogP contribution in [0.25, 0.3) is 0 Å². The van der Waals surface area contributed by atoms with Crippen LogP contribution in [0.15, 0.2) is 28.9 Å². The molecule has 2 atom stereocenters. The largest absolute Gasteiger partial charge is 0.301 e. The van der Waals surface area contributed by atoms with Crippen LogP contribution in [0, 0.1) is 0 Å². The van der Waals surface area contributed by atoms with Crippen LogP contribution in [-0.2, 0) is 6.42 Å². The van der Waals surface area contributed by atoms with E-state index in [1.54, 1.807) is 11.3 Å². The fourth-order valence-corrected chi connectivity index (χ4v) is 3.78. The summed E-state index contributed by atoms with van der Waals surface area (Å²) in [6, 6.07) is 6.39. The number of benzene rings is 1. The van der Waals surface area contributed by atoms with E-state index in [1.807, 2.05) is 18.3 Å². The van der Waals surface area contributed by atoms with E-state index in [0.717, 1.165) is 26.5 Å². The van der Waals surface area contributed by atoms with Crippen LogP contribution in [0.3, 0.4) is 0 Å². The molecule has 1 heterocycles. The van der Waals surface area contributed by atoms with Gasteiger partial charge in [-0.1, -0.05) is 40.5 Å². The molecule has 0 aliphatic rings. The lowest BCUT2D eigenvalue weighted by Gasteiger charge is -2.20. The number of rotatable bonds is 5. The Bertz CT molecular complexity index is 585. The van der Waals surface area contributed by atoms with Crippen molar-refractivity contribution in [3.63, 3.8) is 0 Å². The van der Waals surface area contributed by atoms with E-state index in [0.29, 0.717) is 0 Å². The van der Waals surface area contributed by atoms with Crippen LogP contribution in [0.5, 0.6) is 0 Å². The SMILES string of the molecule is CCc1cnc(C(C)NC(C)c2ccc(Br)cc2Cl)s1. The normalized spacial score (nSPS) is 14.2. The molecule has 0 bridgehead atoms. The molecule has 2 rings (SSSR count). The topological polar surface area (TPSA) is 24.9 Å². The molecule has 108 valence electrons. The summed E-state index contributed by atoms with van der Waals surface area (Å²) >= 11 is 11.5. The lowest BCUT2D eigenvalue weighted by atomic mass is 10.1. The van der Waals surface area contributed by atoms with Gasteiger partial charge in [0.2, 0.25) is 0 Å². The Kier molecular flexibility index (Phi) is 5.61. The van der Waals surface area contributed by atoms with Crippen molar-refractivity contribution >= 4 is 38.9 Å². The van der Waals surface area contributed by atoms with Crippen molar-refractivity contribution in [3.05, 3.63) is 49.3 Å². The molecule has 1 N–H and O–H groups in total. The smallest absolute Gasteiger partial charge is 0.109 e. The third-order valence-electron chi connectivity index (χ3n) is 3.22. The standard InChI is InChI=1S/C15H18BrClN2S/c1-4-12-8-18-15(20-12)10(3)19-9(2)13-6-5-11(16)7-14(13)17/h5-10,19H,4H2,1-3H3. The highest BCUT2D eigenvalue weighted by atomic mass is 79.9. The van der Waals surface area contributed by atoms with Crippen molar-refractivity contribution in [3.8, 4) is 0 Å². The first-order valence-electron chi connectivity index (χ1n) is 6.66. The van der Waals surface area contributed by atoms with E-state index >= 15 is 0 Å². The minimum atomic E-state index is 0.180. The Hall–Kier alpha value is -0.420. The highest BCUT2D eigenvalue weighted by Crippen LogP contribution is 2.29. The third-order valence-corrected chi connectivity index (χ3v) is 5.36. The maximum atomic E-state index is 6.30. The summed E-state index contributed by atoms with van der Waals surface area (Å²) in [7, 11) is 0. The molecule has 1 aromatic carbocycles. The van der Waals surface area contributed by atoms with Crippen LogP contribution in [0.1, 0.15) is 48.3 Å². The second kappa shape index (κ2) is 7.03. The molecule has 0 saturated heterocycles. The van der Waals surface area contributed by atoms with E-state index in [4.69, 9.17) is 11.6 Å². The average molecular weight is 374 g/mol. The van der Waals surface area contributed by atoms with E-state index < -0.39 is 0 Å². The fraction of sp³-hybridized carbons (Fsp3) is 0.400. The number of thiazole rings is 1. The molecule has 5 heteroatoms. The zero-order valence-electron chi connectivity index (χ0n) is 11.8. The van der Waals surface area contributed by atoms with Crippen molar-refractivity contribution in [2.75, 3.05) is 0 Å². The maximum Gasteiger partial charge on any atom is 0.109 e. The van der Waals surface area contributed by atoms with Gasteiger partial charge >= 0.3 is 0 Å². The molecular weight excluding hydrogens is 356 g/mol. The zero-order chi connectivity index (χ0) is 14.7. The summed E-state index contributed by atoms with van der Waals surface area (Å²) in [5.74, 6) is 0. The van der Waals surface area contributed by atoms with Gasteiger partial charge in [0.1, 0.15) is 5.01 Å². The quantitative estimate of drug-likeness (QED) is 0.745. The Balaban J connectivity index is 2.08. The van der Waals surface area contributed by atoms with Gasteiger partial charge in [-0.15, -0.1) is 11.3 Å². The number of hydrogen-bond donors (Lipinski definition) is 1. The Morgan fingerprint density at radius 3 is 2.70 bits per heavy atom. The molecule has 1 aromatic heterocycles. The number of halogens is 2. The van der Waals surface area contributed by atoms with E-state index in [-0.39, 0.29) is 12.1 Å². The molecule has 0 aliphatic heterocycles. The number of nitrogens with zero attached hydrogens (tertiary/aromatic N) is 1. The maximum absolute atomic E-state index is 6.30. The second-order valence-corrected chi connectivity index (χ2v) is 7.26. The summed E-state index contributed by atoms with van der Waals surface area (Å²) in [6.45, 7) is 6.42. The molecule has 0 spiro atoms. The van der Waals surface area contributed by atoms with Crippen molar-refractivity contribution < 1.29 is 0 Å². The molecule has 20 heavy (non-hydrogen) atoms. The van der Waals surface area contributed by atoms with Crippen LogP contribution >= 0.6 is 38.9 Å². The van der Waals surface area contributed by atoms with Gasteiger partial charge < -0.3 is 5.32 Å². The number of hydrogen-bond acceptors (Lipinski definition) is 3. The molecule has 2 nitrogen and oxygen atoms in total. The molecular formula is C15H18BrClN2S. The zero-order valence-corrected chi connectivity index (χ0v) is 14.9. The molecule has 0 amide bonds. The van der Waals surface area contributed by atoms with Crippen LogP contribution in [-0.4, -0.2) is 4.98 Å². The predicted octanol–water partition coefficient (Wildman–Crippen LogP) is 5.53. The first-order valence-corrected chi connectivity index (χ1v) is 8.65. The van der Waals surface area contributed by atoms with E-state index in [9.17, 15) is 0 Å². The van der Waals surface area contributed by atoms with Gasteiger partial charge in [-0.25, -0.2) is 4.98 Å². The van der Waals surface area contributed by atoms with Gasteiger partial charge in [-0.05, 0) is 38.0 Å².